The Bertz CT molecular complexity index is 620. The summed E-state index contributed by atoms with van der Waals surface area (Å²) in [5, 5.41) is 3.13. The topological polar surface area (TPSA) is 56.8 Å². The van der Waals surface area contributed by atoms with Crippen LogP contribution in [0.5, 0.6) is 11.5 Å². The molecular weight excluding hydrogens is 330 g/mol. The van der Waals surface area contributed by atoms with E-state index in [1.165, 1.54) is 0 Å². The lowest BCUT2D eigenvalue weighted by Crippen LogP contribution is -2.29. The summed E-state index contributed by atoms with van der Waals surface area (Å²) in [6, 6.07) is 15.2. The summed E-state index contributed by atoms with van der Waals surface area (Å²) in [5.74, 6) is 1.57. The number of carbonyl (C=O) groups is 1. The van der Waals surface area contributed by atoms with E-state index in [9.17, 15) is 4.79 Å². The molecule has 0 aliphatic rings. The lowest BCUT2D eigenvalue weighted by atomic mass is 9.98. The molecule has 0 bridgehead atoms. The smallest absolute Gasteiger partial charge is 0.220 e. The van der Waals surface area contributed by atoms with Gasteiger partial charge in [-0.25, -0.2) is 0 Å². The van der Waals surface area contributed by atoms with Crippen LogP contribution in [0.4, 0.5) is 0 Å². The highest BCUT2D eigenvalue weighted by Crippen LogP contribution is 2.26. The zero-order valence-corrected chi connectivity index (χ0v) is 15.7. The summed E-state index contributed by atoms with van der Waals surface area (Å²) in [5.41, 5.74) is 1.99. The fraction of sp³-hybridized carbons (Fsp3) is 0.381. The number of nitrogens with one attached hydrogen (secondary N) is 1. The van der Waals surface area contributed by atoms with Crippen LogP contribution in [-0.2, 0) is 9.53 Å². The number of hydrogen-bond donors (Lipinski definition) is 1. The van der Waals surface area contributed by atoms with Gasteiger partial charge in [0, 0.05) is 19.6 Å². The maximum atomic E-state index is 12.4. The average molecular weight is 357 g/mol. The van der Waals surface area contributed by atoms with Gasteiger partial charge in [0.25, 0.3) is 0 Å². The van der Waals surface area contributed by atoms with Crippen LogP contribution < -0.4 is 14.8 Å². The number of benzene rings is 2. The standard InChI is InChI=1S/C21H27NO4/c1-4-26-15-5-6-20(23)22-21(16-7-11-18(24-2)12-8-16)17-9-13-19(25-3)14-10-17/h7-14,21H,4-6,15H2,1-3H3,(H,22,23). The molecule has 0 atom stereocenters. The highest BCUT2D eigenvalue weighted by atomic mass is 16.5. The van der Waals surface area contributed by atoms with Gasteiger partial charge in [0.2, 0.25) is 5.91 Å². The van der Waals surface area contributed by atoms with E-state index < -0.39 is 0 Å². The van der Waals surface area contributed by atoms with Crippen molar-refractivity contribution in [3.63, 3.8) is 0 Å². The van der Waals surface area contributed by atoms with Crippen LogP contribution in [0.15, 0.2) is 48.5 Å². The molecule has 1 amide bonds. The van der Waals surface area contributed by atoms with Crippen molar-refractivity contribution < 1.29 is 19.0 Å². The van der Waals surface area contributed by atoms with E-state index in [1.54, 1.807) is 14.2 Å². The molecule has 1 N–H and O–H groups in total. The first-order valence-corrected chi connectivity index (χ1v) is 8.83. The molecule has 0 radical (unpaired) electrons. The second-order valence-corrected chi connectivity index (χ2v) is 5.85. The van der Waals surface area contributed by atoms with Gasteiger partial charge in [-0.3, -0.25) is 4.79 Å². The molecule has 0 spiro atoms. The van der Waals surface area contributed by atoms with Gasteiger partial charge < -0.3 is 19.5 Å². The lowest BCUT2D eigenvalue weighted by molar-refractivity contribution is -0.121. The van der Waals surface area contributed by atoms with Crippen molar-refractivity contribution in [1.82, 2.24) is 5.32 Å². The Labute approximate surface area is 155 Å². The molecule has 140 valence electrons. The Morgan fingerprint density at radius 2 is 1.42 bits per heavy atom. The monoisotopic (exact) mass is 357 g/mol. The maximum Gasteiger partial charge on any atom is 0.220 e. The molecule has 0 heterocycles. The summed E-state index contributed by atoms with van der Waals surface area (Å²) in [6.45, 7) is 3.21. The van der Waals surface area contributed by atoms with Gasteiger partial charge in [-0.05, 0) is 48.7 Å². The van der Waals surface area contributed by atoms with Gasteiger partial charge in [-0.2, -0.15) is 0 Å². The largest absolute Gasteiger partial charge is 0.497 e. The Hall–Kier alpha value is -2.53. The van der Waals surface area contributed by atoms with Gasteiger partial charge in [0.15, 0.2) is 0 Å². The molecule has 2 rings (SSSR count). The van der Waals surface area contributed by atoms with Crippen molar-refractivity contribution >= 4 is 5.91 Å². The van der Waals surface area contributed by atoms with Gasteiger partial charge in [0.1, 0.15) is 11.5 Å². The fourth-order valence-electron chi connectivity index (χ4n) is 2.66. The minimum absolute atomic E-state index is 0.00124. The molecule has 5 heteroatoms. The number of carbonyl (C=O) groups excluding carboxylic acids is 1. The van der Waals surface area contributed by atoms with Crippen LogP contribution in [0.2, 0.25) is 0 Å². The molecule has 2 aromatic carbocycles. The SMILES string of the molecule is CCOCCCC(=O)NC(c1ccc(OC)cc1)c1ccc(OC)cc1. The first-order valence-electron chi connectivity index (χ1n) is 8.83. The Balaban J connectivity index is 2.15. The summed E-state index contributed by atoms with van der Waals surface area (Å²) in [6.07, 6.45) is 1.14. The molecule has 2 aromatic rings. The van der Waals surface area contributed by atoms with Crippen molar-refractivity contribution in [3.8, 4) is 11.5 Å². The lowest BCUT2D eigenvalue weighted by Gasteiger charge is -2.20. The molecule has 0 aliphatic carbocycles. The second kappa shape index (κ2) is 10.5. The Kier molecular flexibility index (Phi) is 7.96. The van der Waals surface area contributed by atoms with Gasteiger partial charge in [-0.15, -0.1) is 0 Å². The van der Waals surface area contributed by atoms with Crippen molar-refractivity contribution in [1.29, 1.82) is 0 Å². The molecule has 0 aliphatic heterocycles. The van der Waals surface area contributed by atoms with Gasteiger partial charge in [0.05, 0.1) is 20.3 Å². The van der Waals surface area contributed by atoms with E-state index in [2.05, 4.69) is 5.32 Å². The van der Waals surface area contributed by atoms with Crippen LogP contribution in [0.1, 0.15) is 36.9 Å². The molecule has 0 aromatic heterocycles. The molecule has 5 nitrogen and oxygen atoms in total. The molecular formula is C21H27NO4. The maximum absolute atomic E-state index is 12.4. The minimum Gasteiger partial charge on any atom is -0.497 e. The predicted molar refractivity (Wildman–Crippen MR) is 102 cm³/mol. The number of hydrogen-bond acceptors (Lipinski definition) is 4. The highest BCUT2D eigenvalue weighted by Gasteiger charge is 2.17. The number of amides is 1. The minimum atomic E-state index is -0.230. The highest BCUT2D eigenvalue weighted by molar-refractivity contribution is 5.77. The van der Waals surface area contributed by atoms with Crippen LogP contribution in [0, 0.1) is 0 Å². The van der Waals surface area contributed by atoms with Crippen molar-refractivity contribution in [2.45, 2.75) is 25.8 Å². The molecule has 26 heavy (non-hydrogen) atoms. The van der Waals surface area contributed by atoms with E-state index in [1.807, 2.05) is 55.5 Å². The summed E-state index contributed by atoms with van der Waals surface area (Å²) < 4.78 is 15.8. The van der Waals surface area contributed by atoms with Crippen LogP contribution in [0.25, 0.3) is 0 Å². The predicted octanol–water partition coefficient (Wildman–Crippen LogP) is 3.73. The third-order valence-corrected chi connectivity index (χ3v) is 4.10. The summed E-state index contributed by atoms with van der Waals surface area (Å²) in [4.78, 5) is 12.4. The second-order valence-electron chi connectivity index (χ2n) is 5.85. The van der Waals surface area contributed by atoms with E-state index >= 15 is 0 Å². The molecule has 0 saturated carbocycles. The quantitative estimate of drug-likeness (QED) is 0.658. The van der Waals surface area contributed by atoms with E-state index in [0.717, 1.165) is 22.6 Å². The summed E-state index contributed by atoms with van der Waals surface area (Å²) >= 11 is 0. The Morgan fingerprint density at radius 1 is 0.923 bits per heavy atom. The summed E-state index contributed by atoms with van der Waals surface area (Å²) in [7, 11) is 3.27. The number of ether oxygens (including phenoxy) is 3. The van der Waals surface area contributed by atoms with E-state index in [4.69, 9.17) is 14.2 Å². The van der Waals surface area contributed by atoms with Crippen molar-refractivity contribution in [2.75, 3.05) is 27.4 Å². The molecule has 0 fully saturated rings. The van der Waals surface area contributed by atoms with Gasteiger partial charge in [-0.1, -0.05) is 24.3 Å². The number of methoxy groups -OCH3 is 2. The molecule has 0 unspecified atom stereocenters. The number of rotatable bonds is 10. The third-order valence-electron chi connectivity index (χ3n) is 4.10. The first-order chi connectivity index (χ1) is 12.7. The molecule has 0 saturated heterocycles. The third kappa shape index (κ3) is 5.77. The van der Waals surface area contributed by atoms with Crippen LogP contribution >= 0.6 is 0 Å². The van der Waals surface area contributed by atoms with E-state index in [-0.39, 0.29) is 11.9 Å². The zero-order valence-electron chi connectivity index (χ0n) is 15.7. The van der Waals surface area contributed by atoms with Crippen LogP contribution in [-0.4, -0.2) is 33.3 Å². The fourth-order valence-corrected chi connectivity index (χ4v) is 2.66. The van der Waals surface area contributed by atoms with Gasteiger partial charge >= 0.3 is 0 Å². The Morgan fingerprint density at radius 3 is 1.85 bits per heavy atom. The van der Waals surface area contributed by atoms with Crippen molar-refractivity contribution in [2.24, 2.45) is 0 Å². The normalized spacial score (nSPS) is 10.6. The van der Waals surface area contributed by atoms with E-state index in [0.29, 0.717) is 26.1 Å². The van der Waals surface area contributed by atoms with Crippen LogP contribution in [0.3, 0.4) is 0 Å². The van der Waals surface area contributed by atoms with Crippen molar-refractivity contribution in [3.05, 3.63) is 59.7 Å². The average Bonchev–Trinajstić information content (AvgIpc) is 2.70. The first kappa shape index (κ1) is 19.8. The zero-order chi connectivity index (χ0) is 18.8.